The average molecular weight is 388 g/mol. The highest BCUT2D eigenvalue weighted by Crippen LogP contribution is 2.20. The highest BCUT2D eigenvalue weighted by Gasteiger charge is 2.47. The molecule has 1 aliphatic rings. The van der Waals surface area contributed by atoms with Crippen molar-refractivity contribution < 1.29 is 22.7 Å². The van der Waals surface area contributed by atoms with Gasteiger partial charge in [-0.3, -0.25) is 4.79 Å². The number of hydrogen-bond donors (Lipinski definition) is 1. The minimum absolute atomic E-state index is 0.00691. The molecule has 27 heavy (non-hydrogen) atoms. The topological polar surface area (TPSA) is 92.8 Å². The monoisotopic (exact) mass is 388 g/mol. The van der Waals surface area contributed by atoms with E-state index in [0.717, 1.165) is 11.1 Å². The lowest BCUT2D eigenvalue weighted by atomic mass is 10.1. The van der Waals surface area contributed by atoms with Crippen molar-refractivity contribution in [3.05, 3.63) is 71.8 Å². The quantitative estimate of drug-likeness (QED) is 0.756. The Morgan fingerprint density at radius 2 is 1.63 bits per heavy atom. The van der Waals surface area contributed by atoms with Crippen molar-refractivity contribution in [1.82, 2.24) is 9.03 Å². The Morgan fingerprint density at radius 3 is 2.22 bits per heavy atom. The van der Waals surface area contributed by atoms with Gasteiger partial charge in [-0.15, -0.1) is 0 Å². The molecule has 1 amide bonds. The second-order valence-corrected chi connectivity index (χ2v) is 7.85. The molecule has 0 aromatic heterocycles. The molecular weight excluding hydrogens is 368 g/mol. The van der Waals surface area contributed by atoms with Gasteiger partial charge in [0.05, 0.1) is 0 Å². The standard InChI is InChI=1S/C19H20N2O5S/c1-14(19(23)26-13-16-10-6-3-7-11-16)21-18(22)17(20-27(21,24)25)12-15-8-4-2-5-9-15/h2-11,14,17,20H,12-13H2,1H3/t14?,17-/m0/s1. The Morgan fingerprint density at radius 1 is 1.07 bits per heavy atom. The number of amides is 1. The first kappa shape index (κ1) is 19.1. The van der Waals surface area contributed by atoms with E-state index in [-0.39, 0.29) is 13.0 Å². The SMILES string of the molecule is CC(C(=O)OCc1ccccc1)N1C(=O)[C@H](Cc2ccccc2)NS1(=O)=O. The number of carbonyl (C=O) groups is 2. The van der Waals surface area contributed by atoms with Crippen LogP contribution < -0.4 is 4.72 Å². The van der Waals surface area contributed by atoms with Crippen molar-refractivity contribution in [2.45, 2.75) is 32.0 Å². The Labute approximate surface area is 158 Å². The van der Waals surface area contributed by atoms with Crippen LogP contribution in [0.15, 0.2) is 60.7 Å². The van der Waals surface area contributed by atoms with Crippen molar-refractivity contribution >= 4 is 22.1 Å². The maximum atomic E-state index is 12.6. The van der Waals surface area contributed by atoms with E-state index in [1.807, 2.05) is 36.4 Å². The van der Waals surface area contributed by atoms with Crippen molar-refractivity contribution in [1.29, 1.82) is 0 Å². The van der Waals surface area contributed by atoms with Gasteiger partial charge < -0.3 is 4.74 Å². The summed E-state index contributed by atoms with van der Waals surface area (Å²) in [7, 11) is -4.10. The van der Waals surface area contributed by atoms with Crippen LogP contribution in [-0.2, 0) is 37.6 Å². The van der Waals surface area contributed by atoms with Crippen molar-refractivity contribution in [2.24, 2.45) is 0 Å². The molecule has 1 unspecified atom stereocenters. The second-order valence-electron chi connectivity index (χ2n) is 6.27. The summed E-state index contributed by atoms with van der Waals surface area (Å²) in [5, 5.41) is 0. The summed E-state index contributed by atoms with van der Waals surface area (Å²) in [6, 6.07) is 15.9. The number of rotatable bonds is 6. The summed E-state index contributed by atoms with van der Waals surface area (Å²) in [4.78, 5) is 24.9. The summed E-state index contributed by atoms with van der Waals surface area (Å²) in [6.45, 7) is 1.35. The number of nitrogens with zero attached hydrogens (tertiary/aromatic N) is 1. The van der Waals surface area contributed by atoms with E-state index in [1.165, 1.54) is 6.92 Å². The lowest BCUT2D eigenvalue weighted by molar-refractivity contribution is -0.151. The van der Waals surface area contributed by atoms with E-state index >= 15 is 0 Å². The zero-order valence-corrected chi connectivity index (χ0v) is 15.6. The first-order valence-electron chi connectivity index (χ1n) is 8.48. The summed E-state index contributed by atoms with van der Waals surface area (Å²) in [5.41, 5.74) is 1.59. The van der Waals surface area contributed by atoms with Crippen LogP contribution in [0.2, 0.25) is 0 Å². The number of esters is 1. The van der Waals surface area contributed by atoms with Gasteiger partial charge in [0, 0.05) is 0 Å². The van der Waals surface area contributed by atoms with Gasteiger partial charge in [-0.2, -0.15) is 13.1 Å². The predicted octanol–water partition coefficient (Wildman–Crippen LogP) is 1.41. The molecule has 1 fully saturated rings. The molecule has 2 aromatic rings. The van der Waals surface area contributed by atoms with Gasteiger partial charge in [0.2, 0.25) is 0 Å². The Balaban J connectivity index is 1.68. The molecule has 8 heteroatoms. The zero-order valence-electron chi connectivity index (χ0n) is 14.7. The van der Waals surface area contributed by atoms with Gasteiger partial charge in [-0.05, 0) is 24.5 Å². The van der Waals surface area contributed by atoms with E-state index in [2.05, 4.69) is 4.72 Å². The van der Waals surface area contributed by atoms with Crippen LogP contribution in [0.1, 0.15) is 18.1 Å². The van der Waals surface area contributed by atoms with Crippen molar-refractivity contribution in [2.75, 3.05) is 0 Å². The van der Waals surface area contributed by atoms with Crippen molar-refractivity contribution in [3.63, 3.8) is 0 Å². The molecule has 3 rings (SSSR count). The molecule has 0 radical (unpaired) electrons. The van der Waals surface area contributed by atoms with Gasteiger partial charge in [-0.25, -0.2) is 9.10 Å². The van der Waals surface area contributed by atoms with Crippen LogP contribution >= 0.6 is 0 Å². The number of carbonyl (C=O) groups excluding carboxylic acids is 2. The fourth-order valence-corrected chi connectivity index (χ4v) is 4.41. The highest BCUT2D eigenvalue weighted by atomic mass is 32.2. The molecule has 1 heterocycles. The third kappa shape index (κ3) is 4.35. The van der Waals surface area contributed by atoms with Gasteiger partial charge in [0.25, 0.3) is 5.91 Å². The van der Waals surface area contributed by atoms with E-state index in [4.69, 9.17) is 4.74 Å². The molecule has 0 saturated carbocycles. The maximum absolute atomic E-state index is 12.6. The lowest BCUT2D eigenvalue weighted by Crippen LogP contribution is -2.45. The fraction of sp³-hybridized carbons (Fsp3) is 0.263. The number of nitrogens with one attached hydrogen (secondary N) is 1. The van der Waals surface area contributed by atoms with E-state index < -0.39 is 34.2 Å². The average Bonchev–Trinajstić information content (AvgIpc) is 2.89. The Kier molecular flexibility index (Phi) is 5.57. The van der Waals surface area contributed by atoms with Crippen LogP contribution in [0, 0.1) is 0 Å². The first-order valence-corrected chi connectivity index (χ1v) is 9.92. The maximum Gasteiger partial charge on any atom is 0.330 e. The molecule has 0 bridgehead atoms. The van der Waals surface area contributed by atoms with Crippen LogP contribution in [0.25, 0.3) is 0 Å². The van der Waals surface area contributed by atoms with Gasteiger partial charge in [0.1, 0.15) is 18.7 Å². The molecule has 7 nitrogen and oxygen atoms in total. The third-order valence-electron chi connectivity index (χ3n) is 4.26. The first-order chi connectivity index (χ1) is 12.9. The molecule has 0 aliphatic carbocycles. The summed E-state index contributed by atoms with van der Waals surface area (Å²) >= 11 is 0. The minimum atomic E-state index is -4.10. The van der Waals surface area contributed by atoms with Gasteiger partial charge >= 0.3 is 16.2 Å². The van der Waals surface area contributed by atoms with Crippen LogP contribution in [0.3, 0.4) is 0 Å². The second kappa shape index (κ2) is 7.89. The largest absolute Gasteiger partial charge is 0.459 e. The van der Waals surface area contributed by atoms with E-state index in [9.17, 15) is 18.0 Å². The molecule has 1 N–H and O–H groups in total. The minimum Gasteiger partial charge on any atom is -0.459 e. The molecule has 142 valence electrons. The smallest absolute Gasteiger partial charge is 0.330 e. The normalized spacial score (nSPS) is 19.7. The highest BCUT2D eigenvalue weighted by molar-refractivity contribution is 7.88. The summed E-state index contributed by atoms with van der Waals surface area (Å²) < 4.78 is 32.8. The third-order valence-corrected chi connectivity index (χ3v) is 5.86. The fourth-order valence-electron chi connectivity index (χ4n) is 2.88. The zero-order chi connectivity index (χ0) is 19.4. The van der Waals surface area contributed by atoms with Crippen molar-refractivity contribution in [3.8, 4) is 0 Å². The van der Waals surface area contributed by atoms with Crippen LogP contribution in [-0.4, -0.2) is 36.7 Å². The van der Waals surface area contributed by atoms with Crippen LogP contribution in [0.4, 0.5) is 0 Å². The lowest BCUT2D eigenvalue weighted by Gasteiger charge is -2.21. The summed E-state index contributed by atoms with van der Waals surface area (Å²) in [6.07, 6.45) is 0.210. The predicted molar refractivity (Wildman–Crippen MR) is 98.5 cm³/mol. The van der Waals surface area contributed by atoms with E-state index in [1.54, 1.807) is 24.3 Å². The Hall–Kier alpha value is -2.71. The molecule has 0 spiro atoms. The van der Waals surface area contributed by atoms with E-state index in [0.29, 0.717) is 4.31 Å². The summed E-state index contributed by atoms with van der Waals surface area (Å²) in [5.74, 6) is -1.44. The number of hydrogen-bond acceptors (Lipinski definition) is 5. The molecule has 2 atom stereocenters. The van der Waals surface area contributed by atoms with Crippen LogP contribution in [0.5, 0.6) is 0 Å². The molecule has 1 saturated heterocycles. The molecule has 2 aromatic carbocycles. The number of ether oxygens (including phenoxy) is 1. The molecule has 1 aliphatic heterocycles. The number of benzene rings is 2. The van der Waals surface area contributed by atoms with Gasteiger partial charge in [0.15, 0.2) is 0 Å². The Bertz CT molecular complexity index is 916. The van der Waals surface area contributed by atoms with Gasteiger partial charge in [-0.1, -0.05) is 60.7 Å². The molecular formula is C19H20N2O5S.